The summed E-state index contributed by atoms with van der Waals surface area (Å²) in [6.07, 6.45) is 0.701. The van der Waals surface area contributed by atoms with Gasteiger partial charge in [-0.1, -0.05) is 41.9 Å². The van der Waals surface area contributed by atoms with Crippen LogP contribution < -0.4 is 10.6 Å². The third-order valence-electron chi connectivity index (χ3n) is 5.44. The largest absolute Gasteiger partial charge is 0.447 e. The number of nitrogens with one attached hydrogen (secondary N) is 2. The molecule has 2 fully saturated rings. The lowest BCUT2D eigenvalue weighted by atomic mass is 9.90. The van der Waals surface area contributed by atoms with Gasteiger partial charge in [0.05, 0.1) is 10.9 Å². The van der Waals surface area contributed by atoms with Crippen LogP contribution in [-0.4, -0.2) is 64.0 Å². The van der Waals surface area contributed by atoms with E-state index < -0.39 is 15.9 Å². The Balaban J connectivity index is 1.36. The van der Waals surface area contributed by atoms with Crippen LogP contribution in [0.15, 0.2) is 47.4 Å². The van der Waals surface area contributed by atoms with E-state index in [-0.39, 0.29) is 29.5 Å². The zero-order valence-electron chi connectivity index (χ0n) is 16.8. The van der Waals surface area contributed by atoms with Gasteiger partial charge in [-0.15, -0.1) is 0 Å². The number of benzene rings is 2. The van der Waals surface area contributed by atoms with E-state index in [2.05, 4.69) is 10.6 Å². The molecular weight excluding hydrogens is 442 g/mol. The number of rotatable bonds is 5. The molecule has 164 valence electrons. The molecule has 3 amide bonds. The van der Waals surface area contributed by atoms with E-state index in [4.69, 9.17) is 16.3 Å². The number of amides is 3. The van der Waals surface area contributed by atoms with E-state index in [1.165, 1.54) is 6.07 Å². The molecule has 2 aliphatic rings. The van der Waals surface area contributed by atoms with Crippen LogP contribution in [0.3, 0.4) is 0 Å². The second-order valence-corrected chi connectivity index (χ2v) is 10.2. The molecule has 0 aliphatic carbocycles. The number of hydrogen-bond acceptors (Lipinski definition) is 5. The van der Waals surface area contributed by atoms with E-state index in [9.17, 15) is 18.0 Å². The molecule has 2 aromatic rings. The maximum absolute atomic E-state index is 12.2. The molecule has 10 heteroatoms. The highest BCUT2D eigenvalue weighted by Gasteiger charge is 2.32. The zero-order chi connectivity index (χ0) is 22.2. The Morgan fingerprint density at radius 1 is 1.23 bits per heavy atom. The number of halogens is 1. The fourth-order valence-electron chi connectivity index (χ4n) is 3.69. The Morgan fingerprint density at radius 2 is 1.94 bits per heavy atom. The van der Waals surface area contributed by atoms with Crippen LogP contribution in [0.4, 0.5) is 9.59 Å². The van der Waals surface area contributed by atoms with Gasteiger partial charge in [0.2, 0.25) is 0 Å². The molecule has 0 radical (unpaired) electrons. The molecular formula is C21H22ClN3O5S. The SMILES string of the molecule is CS(=O)(=O)c1cc(Cl)ccc1-c1ccc(C2CN(C(=O)NCC3COC(=O)N3)C2)cc1. The standard InChI is InChI=1S/C21H22ClN3O5S/c1-31(28,29)19-8-16(22)6-7-18(19)14-4-2-13(3-5-14)15-10-25(11-15)20(26)23-9-17-12-30-21(27)24-17/h2-8,15,17H,9-12H2,1H3,(H,23,26)(H,24,27). The molecule has 31 heavy (non-hydrogen) atoms. The first-order valence-corrected chi connectivity index (χ1v) is 12.0. The molecule has 2 heterocycles. The van der Waals surface area contributed by atoms with Gasteiger partial charge in [-0.3, -0.25) is 0 Å². The van der Waals surface area contributed by atoms with Gasteiger partial charge in [0.15, 0.2) is 9.84 Å². The molecule has 0 bridgehead atoms. The number of ether oxygens (including phenoxy) is 1. The van der Waals surface area contributed by atoms with Crippen LogP contribution in [0.5, 0.6) is 0 Å². The Morgan fingerprint density at radius 3 is 2.55 bits per heavy atom. The van der Waals surface area contributed by atoms with Crippen LogP contribution in [0.2, 0.25) is 5.02 Å². The average Bonchev–Trinajstić information content (AvgIpc) is 3.10. The van der Waals surface area contributed by atoms with Crippen LogP contribution in [0.25, 0.3) is 11.1 Å². The number of likely N-dealkylation sites (tertiary alicyclic amines) is 1. The smallest absolute Gasteiger partial charge is 0.407 e. The summed E-state index contributed by atoms with van der Waals surface area (Å²) in [4.78, 5) is 25.1. The Hall–Kier alpha value is -2.78. The minimum atomic E-state index is -3.42. The lowest BCUT2D eigenvalue weighted by Crippen LogP contribution is -2.54. The van der Waals surface area contributed by atoms with Gasteiger partial charge in [0.25, 0.3) is 0 Å². The van der Waals surface area contributed by atoms with Gasteiger partial charge in [0.1, 0.15) is 6.61 Å². The summed E-state index contributed by atoms with van der Waals surface area (Å²) in [6.45, 7) is 1.76. The number of urea groups is 1. The zero-order valence-corrected chi connectivity index (χ0v) is 18.4. The van der Waals surface area contributed by atoms with E-state index in [1.54, 1.807) is 17.0 Å². The molecule has 1 unspecified atom stereocenters. The number of cyclic esters (lactones) is 1. The molecule has 1 atom stereocenters. The number of nitrogens with zero attached hydrogens (tertiary/aromatic N) is 1. The summed E-state index contributed by atoms with van der Waals surface area (Å²) in [5.74, 6) is 0.217. The lowest BCUT2D eigenvalue weighted by molar-refractivity contribution is 0.150. The van der Waals surface area contributed by atoms with Gasteiger partial charge >= 0.3 is 12.1 Å². The van der Waals surface area contributed by atoms with Crippen molar-refractivity contribution in [2.45, 2.75) is 16.9 Å². The van der Waals surface area contributed by atoms with Crippen molar-refractivity contribution < 1.29 is 22.7 Å². The topological polar surface area (TPSA) is 105 Å². The Bertz CT molecular complexity index is 1110. The maximum atomic E-state index is 12.2. The number of carbonyl (C=O) groups is 2. The van der Waals surface area contributed by atoms with Crippen molar-refractivity contribution in [2.75, 3.05) is 32.5 Å². The second-order valence-electron chi connectivity index (χ2n) is 7.76. The summed E-state index contributed by atoms with van der Waals surface area (Å²) < 4.78 is 29.1. The molecule has 0 aromatic heterocycles. The highest BCUT2D eigenvalue weighted by molar-refractivity contribution is 7.90. The molecule has 2 aromatic carbocycles. The van der Waals surface area contributed by atoms with Crippen molar-refractivity contribution in [3.8, 4) is 11.1 Å². The van der Waals surface area contributed by atoms with Crippen LogP contribution >= 0.6 is 11.6 Å². The monoisotopic (exact) mass is 463 g/mol. The second kappa shape index (κ2) is 8.39. The first kappa shape index (κ1) is 21.5. The molecule has 8 nitrogen and oxygen atoms in total. The third kappa shape index (κ3) is 4.77. The van der Waals surface area contributed by atoms with Gasteiger partial charge in [-0.25, -0.2) is 18.0 Å². The Kier molecular flexibility index (Phi) is 5.81. The van der Waals surface area contributed by atoms with Gasteiger partial charge in [0, 0.05) is 42.4 Å². The summed E-state index contributed by atoms with van der Waals surface area (Å²) in [5, 5.41) is 5.79. The fourth-order valence-corrected chi connectivity index (χ4v) is 4.85. The molecule has 2 saturated heterocycles. The van der Waals surface area contributed by atoms with E-state index in [0.717, 1.165) is 17.4 Å². The summed E-state index contributed by atoms with van der Waals surface area (Å²) >= 11 is 5.98. The molecule has 2 aliphatic heterocycles. The summed E-state index contributed by atoms with van der Waals surface area (Å²) in [5.41, 5.74) is 2.48. The predicted octanol–water partition coefficient (Wildman–Crippen LogP) is 2.63. The van der Waals surface area contributed by atoms with E-state index in [1.807, 2.05) is 24.3 Å². The van der Waals surface area contributed by atoms with E-state index >= 15 is 0 Å². The lowest BCUT2D eigenvalue weighted by Gasteiger charge is -2.39. The summed E-state index contributed by atoms with van der Waals surface area (Å²) in [7, 11) is -3.42. The normalized spacial score (nSPS) is 18.8. The number of hydrogen-bond donors (Lipinski definition) is 2. The van der Waals surface area contributed by atoms with Gasteiger partial charge in [-0.05, 0) is 23.3 Å². The first-order valence-electron chi connectivity index (χ1n) is 9.77. The highest BCUT2D eigenvalue weighted by atomic mass is 35.5. The van der Waals surface area contributed by atoms with Crippen LogP contribution in [0, 0.1) is 0 Å². The van der Waals surface area contributed by atoms with Crippen molar-refractivity contribution >= 4 is 33.6 Å². The van der Waals surface area contributed by atoms with Crippen molar-refractivity contribution in [1.29, 1.82) is 0 Å². The number of sulfone groups is 1. The third-order valence-corrected chi connectivity index (χ3v) is 6.81. The van der Waals surface area contributed by atoms with Crippen molar-refractivity contribution in [3.05, 3.63) is 53.1 Å². The molecule has 4 rings (SSSR count). The minimum Gasteiger partial charge on any atom is -0.447 e. The highest BCUT2D eigenvalue weighted by Crippen LogP contribution is 2.32. The van der Waals surface area contributed by atoms with Crippen molar-refractivity contribution in [2.24, 2.45) is 0 Å². The molecule has 2 N–H and O–H groups in total. The Labute approximate surface area is 185 Å². The van der Waals surface area contributed by atoms with Crippen molar-refractivity contribution in [1.82, 2.24) is 15.5 Å². The van der Waals surface area contributed by atoms with Gasteiger partial charge < -0.3 is 20.3 Å². The maximum Gasteiger partial charge on any atom is 0.407 e. The predicted molar refractivity (Wildman–Crippen MR) is 116 cm³/mol. The minimum absolute atomic E-state index is 0.173. The first-order chi connectivity index (χ1) is 14.7. The number of carbonyl (C=O) groups excluding carboxylic acids is 2. The number of alkyl carbamates (subject to hydrolysis) is 1. The van der Waals surface area contributed by atoms with E-state index in [0.29, 0.717) is 30.2 Å². The van der Waals surface area contributed by atoms with Crippen LogP contribution in [-0.2, 0) is 14.6 Å². The quantitative estimate of drug-likeness (QED) is 0.709. The summed E-state index contributed by atoms with van der Waals surface area (Å²) in [6, 6.07) is 12.2. The van der Waals surface area contributed by atoms with Crippen molar-refractivity contribution in [3.63, 3.8) is 0 Å². The van der Waals surface area contributed by atoms with Crippen LogP contribution in [0.1, 0.15) is 11.5 Å². The fraction of sp³-hybridized carbons (Fsp3) is 0.333. The molecule has 0 saturated carbocycles. The molecule has 0 spiro atoms. The average molecular weight is 464 g/mol. The van der Waals surface area contributed by atoms with Gasteiger partial charge in [-0.2, -0.15) is 0 Å².